The molecule has 1 saturated carbocycles. The molecule has 2 aromatic rings. The summed E-state index contributed by atoms with van der Waals surface area (Å²) < 4.78 is 6.06. The van der Waals surface area contributed by atoms with Crippen molar-refractivity contribution in [3.8, 4) is 0 Å². The fourth-order valence-corrected chi connectivity index (χ4v) is 3.47. The van der Waals surface area contributed by atoms with Crippen LogP contribution >= 0.6 is 11.3 Å². The highest BCUT2D eigenvalue weighted by Crippen LogP contribution is 2.21. The molecule has 1 fully saturated rings. The summed E-state index contributed by atoms with van der Waals surface area (Å²) in [5, 5.41) is 4.88. The van der Waals surface area contributed by atoms with Gasteiger partial charge in [-0.15, -0.1) is 11.3 Å². The van der Waals surface area contributed by atoms with Crippen molar-refractivity contribution in [2.24, 2.45) is 0 Å². The third-order valence-corrected chi connectivity index (χ3v) is 4.63. The lowest BCUT2D eigenvalue weighted by molar-refractivity contribution is -0.125. The van der Waals surface area contributed by atoms with Crippen LogP contribution in [0, 0.1) is 0 Å². The number of nitrogens with one attached hydrogen (secondary N) is 2. The van der Waals surface area contributed by atoms with Gasteiger partial charge in [0.15, 0.2) is 6.61 Å². The summed E-state index contributed by atoms with van der Waals surface area (Å²) in [5.74, 6) is -0.708. The van der Waals surface area contributed by atoms with Crippen molar-refractivity contribution < 1.29 is 14.3 Å². The number of rotatable bonds is 4. The molecule has 0 atom stereocenters. The monoisotopic (exact) mass is 306 g/mol. The molecule has 2 aromatic heterocycles. The topological polar surface area (TPSA) is 71.2 Å². The van der Waals surface area contributed by atoms with Crippen molar-refractivity contribution in [1.82, 2.24) is 10.3 Å². The molecule has 3 rings (SSSR count). The number of carbonyl (C=O) groups is 2. The summed E-state index contributed by atoms with van der Waals surface area (Å²) in [6, 6.07) is 3.90. The lowest BCUT2D eigenvalue weighted by Gasteiger charge is -2.22. The predicted octanol–water partition coefficient (Wildman–Crippen LogP) is 2.84. The fraction of sp³-hybridized carbons (Fsp3) is 0.467. The number of esters is 1. The van der Waals surface area contributed by atoms with E-state index in [4.69, 9.17) is 4.74 Å². The smallest absolute Gasteiger partial charge is 0.355 e. The molecular formula is C15H18N2O3S. The molecule has 0 aromatic carbocycles. The summed E-state index contributed by atoms with van der Waals surface area (Å²) in [7, 11) is 0. The first-order chi connectivity index (χ1) is 10.2. The van der Waals surface area contributed by atoms with Crippen LogP contribution in [0.1, 0.15) is 42.6 Å². The van der Waals surface area contributed by atoms with Crippen molar-refractivity contribution in [1.29, 1.82) is 0 Å². The summed E-state index contributed by atoms with van der Waals surface area (Å²) in [6.07, 6.45) is 5.60. The van der Waals surface area contributed by atoms with Crippen LogP contribution in [0.4, 0.5) is 0 Å². The number of hydrogen-bond acceptors (Lipinski definition) is 4. The Kier molecular flexibility index (Phi) is 4.24. The molecule has 1 aliphatic rings. The Balaban J connectivity index is 1.48. The van der Waals surface area contributed by atoms with Gasteiger partial charge in [0.1, 0.15) is 5.69 Å². The van der Waals surface area contributed by atoms with E-state index in [0.717, 1.165) is 35.9 Å². The maximum atomic E-state index is 11.9. The van der Waals surface area contributed by atoms with Gasteiger partial charge in [-0.2, -0.15) is 0 Å². The van der Waals surface area contributed by atoms with Crippen molar-refractivity contribution in [2.75, 3.05) is 6.61 Å². The molecule has 5 nitrogen and oxygen atoms in total. The third-order valence-electron chi connectivity index (χ3n) is 3.76. The molecule has 0 spiro atoms. The van der Waals surface area contributed by atoms with Crippen molar-refractivity contribution >= 4 is 33.4 Å². The van der Waals surface area contributed by atoms with Gasteiger partial charge in [0.2, 0.25) is 0 Å². The maximum absolute atomic E-state index is 11.9. The number of thiophene rings is 1. The van der Waals surface area contributed by atoms with E-state index >= 15 is 0 Å². The van der Waals surface area contributed by atoms with Crippen LogP contribution in [0.5, 0.6) is 0 Å². The van der Waals surface area contributed by atoms with E-state index in [1.165, 1.54) is 6.42 Å². The predicted molar refractivity (Wildman–Crippen MR) is 81.5 cm³/mol. The zero-order valence-electron chi connectivity index (χ0n) is 11.7. The molecule has 0 unspecified atom stereocenters. The van der Waals surface area contributed by atoms with E-state index in [1.54, 1.807) is 17.4 Å². The molecule has 6 heteroatoms. The van der Waals surface area contributed by atoms with Gasteiger partial charge in [-0.3, -0.25) is 4.79 Å². The standard InChI is InChI=1S/C15H18N2O3S/c18-14(16-10-4-2-1-3-5-10)9-20-15(19)12-8-13-11(17-12)6-7-21-13/h6-8,10,17H,1-5,9H2,(H,16,18). The minimum absolute atomic E-state index is 0.219. The fourth-order valence-electron chi connectivity index (χ4n) is 2.68. The summed E-state index contributed by atoms with van der Waals surface area (Å²) in [4.78, 5) is 26.6. The Labute approximate surface area is 126 Å². The first kappa shape index (κ1) is 14.1. The number of aromatic nitrogens is 1. The molecule has 21 heavy (non-hydrogen) atoms. The highest BCUT2D eigenvalue weighted by molar-refractivity contribution is 7.17. The second kappa shape index (κ2) is 6.30. The second-order valence-electron chi connectivity index (χ2n) is 5.36. The molecule has 1 aliphatic carbocycles. The van der Waals surface area contributed by atoms with E-state index < -0.39 is 5.97 Å². The van der Waals surface area contributed by atoms with Crippen molar-refractivity contribution in [3.05, 3.63) is 23.2 Å². The van der Waals surface area contributed by atoms with E-state index in [2.05, 4.69) is 10.3 Å². The molecule has 2 N–H and O–H groups in total. The van der Waals surface area contributed by atoms with Gasteiger partial charge in [-0.1, -0.05) is 19.3 Å². The van der Waals surface area contributed by atoms with E-state index in [9.17, 15) is 9.59 Å². The summed E-state index contributed by atoms with van der Waals surface area (Å²) in [6.45, 7) is -0.220. The largest absolute Gasteiger partial charge is 0.451 e. The molecule has 0 bridgehead atoms. The second-order valence-corrected chi connectivity index (χ2v) is 6.31. The van der Waals surface area contributed by atoms with Gasteiger partial charge in [0.05, 0.1) is 10.2 Å². The first-order valence-corrected chi connectivity index (χ1v) is 8.13. The summed E-state index contributed by atoms with van der Waals surface area (Å²) in [5.41, 5.74) is 1.31. The third kappa shape index (κ3) is 3.44. The molecule has 0 radical (unpaired) electrons. The average Bonchev–Trinajstić information content (AvgIpc) is 3.07. The number of amides is 1. The minimum Gasteiger partial charge on any atom is -0.451 e. The molecule has 112 valence electrons. The number of hydrogen-bond donors (Lipinski definition) is 2. The van der Waals surface area contributed by atoms with Crippen LogP contribution in [0.15, 0.2) is 17.5 Å². The van der Waals surface area contributed by atoms with E-state index in [0.29, 0.717) is 5.69 Å². The molecule has 0 aliphatic heterocycles. The lowest BCUT2D eigenvalue weighted by Crippen LogP contribution is -2.38. The Morgan fingerprint density at radius 2 is 2.14 bits per heavy atom. The van der Waals surface area contributed by atoms with Crippen molar-refractivity contribution in [2.45, 2.75) is 38.1 Å². The number of H-pyrrole nitrogens is 1. The Morgan fingerprint density at radius 3 is 2.90 bits per heavy atom. The van der Waals surface area contributed by atoms with Gasteiger partial charge >= 0.3 is 5.97 Å². The van der Waals surface area contributed by atoms with Gasteiger partial charge in [0.25, 0.3) is 5.91 Å². The SMILES string of the molecule is O=C(COC(=O)c1cc2sccc2[nH]1)NC1CCCCC1. The number of aromatic amines is 1. The number of ether oxygens (including phenoxy) is 1. The van der Waals surface area contributed by atoms with E-state index in [-0.39, 0.29) is 18.6 Å². The van der Waals surface area contributed by atoms with Gasteiger partial charge in [-0.05, 0) is 30.4 Å². The van der Waals surface area contributed by atoms with Crippen LogP contribution < -0.4 is 5.32 Å². The van der Waals surface area contributed by atoms with Crippen LogP contribution in [-0.2, 0) is 9.53 Å². The van der Waals surface area contributed by atoms with Gasteiger partial charge in [-0.25, -0.2) is 4.79 Å². The van der Waals surface area contributed by atoms with Crippen molar-refractivity contribution in [3.63, 3.8) is 0 Å². The first-order valence-electron chi connectivity index (χ1n) is 7.25. The Bertz CT molecular complexity index is 612. The van der Waals surface area contributed by atoms with Gasteiger partial charge in [0, 0.05) is 6.04 Å². The summed E-state index contributed by atoms with van der Waals surface area (Å²) >= 11 is 1.55. The molecular weight excluding hydrogens is 288 g/mol. The highest BCUT2D eigenvalue weighted by atomic mass is 32.1. The maximum Gasteiger partial charge on any atom is 0.355 e. The van der Waals surface area contributed by atoms with Crippen LogP contribution in [0.2, 0.25) is 0 Å². The highest BCUT2D eigenvalue weighted by Gasteiger charge is 2.17. The minimum atomic E-state index is -0.489. The normalized spacial score (nSPS) is 16.0. The van der Waals surface area contributed by atoms with Crippen LogP contribution in [0.3, 0.4) is 0 Å². The Hall–Kier alpha value is -1.82. The van der Waals surface area contributed by atoms with E-state index in [1.807, 2.05) is 11.4 Å². The van der Waals surface area contributed by atoms with Crippen LogP contribution in [0.25, 0.3) is 10.2 Å². The van der Waals surface area contributed by atoms with Gasteiger partial charge < -0.3 is 15.0 Å². The number of fused-ring (bicyclic) bond motifs is 1. The number of carbonyl (C=O) groups excluding carboxylic acids is 2. The zero-order valence-corrected chi connectivity index (χ0v) is 12.5. The molecule has 2 heterocycles. The zero-order chi connectivity index (χ0) is 14.7. The lowest BCUT2D eigenvalue weighted by atomic mass is 9.95. The molecule has 0 saturated heterocycles. The quantitative estimate of drug-likeness (QED) is 0.853. The van der Waals surface area contributed by atoms with Crippen LogP contribution in [-0.4, -0.2) is 29.5 Å². The average molecular weight is 306 g/mol. The Morgan fingerprint density at radius 1 is 1.33 bits per heavy atom. The molecule has 1 amide bonds.